The number of aromatic nitrogens is 1. The second-order valence-corrected chi connectivity index (χ2v) is 8.81. The predicted molar refractivity (Wildman–Crippen MR) is 108 cm³/mol. The molecule has 1 fully saturated rings. The van der Waals surface area contributed by atoms with Crippen molar-refractivity contribution in [3.8, 4) is 5.88 Å². The molecule has 1 aliphatic heterocycles. The SMILES string of the molecule is Cc1ccccc1CC(=O)N1CCC(Oc2ccc(NS(C)(=O)=O)cn2)CC1. The molecular formula is C20H25N3O4S. The molecule has 3 rings (SSSR count). The highest BCUT2D eigenvalue weighted by atomic mass is 32.2. The van der Waals surface area contributed by atoms with Crippen LogP contribution in [0.15, 0.2) is 42.6 Å². The molecule has 1 amide bonds. The van der Waals surface area contributed by atoms with E-state index in [4.69, 9.17) is 4.74 Å². The summed E-state index contributed by atoms with van der Waals surface area (Å²) < 4.78 is 30.7. The van der Waals surface area contributed by atoms with Gasteiger partial charge in [0, 0.05) is 32.0 Å². The number of carbonyl (C=O) groups excluding carboxylic acids is 1. The Morgan fingerprint density at radius 1 is 1.21 bits per heavy atom. The maximum absolute atomic E-state index is 12.6. The van der Waals surface area contributed by atoms with E-state index in [9.17, 15) is 13.2 Å². The van der Waals surface area contributed by atoms with Gasteiger partial charge in [0.2, 0.25) is 21.8 Å². The number of nitrogens with zero attached hydrogens (tertiary/aromatic N) is 2. The average molecular weight is 404 g/mol. The molecule has 1 aromatic carbocycles. The second-order valence-electron chi connectivity index (χ2n) is 7.06. The molecule has 0 unspecified atom stereocenters. The van der Waals surface area contributed by atoms with Gasteiger partial charge in [-0.25, -0.2) is 13.4 Å². The van der Waals surface area contributed by atoms with Crippen LogP contribution < -0.4 is 9.46 Å². The lowest BCUT2D eigenvalue weighted by Crippen LogP contribution is -2.42. The summed E-state index contributed by atoms with van der Waals surface area (Å²) in [6, 6.07) is 11.2. The Balaban J connectivity index is 1.49. The summed E-state index contributed by atoms with van der Waals surface area (Å²) in [6.45, 7) is 3.33. The van der Waals surface area contributed by atoms with Crippen LogP contribution >= 0.6 is 0 Å². The maximum atomic E-state index is 12.6. The summed E-state index contributed by atoms with van der Waals surface area (Å²) >= 11 is 0. The molecule has 150 valence electrons. The van der Waals surface area contributed by atoms with Crippen molar-refractivity contribution in [2.24, 2.45) is 0 Å². The van der Waals surface area contributed by atoms with E-state index in [1.54, 1.807) is 12.1 Å². The molecule has 28 heavy (non-hydrogen) atoms. The number of aryl methyl sites for hydroxylation is 1. The topological polar surface area (TPSA) is 88.6 Å². The molecule has 0 saturated carbocycles. The number of carbonyl (C=O) groups is 1. The third-order valence-corrected chi connectivity index (χ3v) is 5.33. The molecule has 0 spiro atoms. The van der Waals surface area contributed by atoms with E-state index in [2.05, 4.69) is 9.71 Å². The van der Waals surface area contributed by atoms with Gasteiger partial charge >= 0.3 is 0 Å². The van der Waals surface area contributed by atoms with Crippen LogP contribution in [0.3, 0.4) is 0 Å². The molecule has 0 aliphatic carbocycles. The van der Waals surface area contributed by atoms with E-state index in [-0.39, 0.29) is 12.0 Å². The van der Waals surface area contributed by atoms with Gasteiger partial charge in [0.05, 0.1) is 24.6 Å². The normalized spacial score (nSPS) is 15.3. The fourth-order valence-electron chi connectivity index (χ4n) is 3.20. The van der Waals surface area contributed by atoms with Gasteiger partial charge in [0.25, 0.3) is 0 Å². The first-order chi connectivity index (χ1) is 13.3. The van der Waals surface area contributed by atoms with E-state index in [0.717, 1.165) is 30.2 Å². The summed E-state index contributed by atoms with van der Waals surface area (Å²) in [5.41, 5.74) is 2.60. The number of benzene rings is 1. The monoisotopic (exact) mass is 403 g/mol. The van der Waals surface area contributed by atoms with E-state index >= 15 is 0 Å². The first kappa shape index (κ1) is 20.1. The number of hydrogen-bond acceptors (Lipinski definition) is 5. The fraction of sp³-hybridized carbons (Fsp3) is 0.400. The minimum absolute atomic E-state index is 0.0104. The molecular weight excluding hydrogens is 378 g/mol. The number of hydrogen-bond donors (Lipinski definition) is 1. The summed E-state index contributed by atoms with van der Waals surface area (Å²) in [4.78, 5) is 18.6. The summed E-state index contributed by atoms with van der Waals surface area (Å²) in [5.74, 6) is 0.589. The van der Waals surface area contributed by atoms with Crippen LogP contribution in [0.4, 0.5) is 5.69 Å². The van der Waals surface area contributed by atoms with Crippen LogP contribution in [0.1, 0.15) is 24.0 Å². The Morgan fingerprint density at radius 3 is 2.54 bits per heavy atom. The molecule has 1 saturated heterocycles. The van der Waals surface area contributed by atoms with Crippen molar-refractivity contribution in [1.82, 2.24) is 9.88 Å². The quantitative estimate of drug-likeness (QED) is 0.800. The van der Waals surface area contributed by atoms with Crippen molar-refractivity contribution >= 4 is 21.6 Å². The van der Waals surface area contributed by atoms with Crippen molar-refractivity contribution < 1.29 is 17.9 Å². The van der Waals surface area contributed by atoms with E-state index in [0.29, 0.717) is 31.1 Å². The van der Waals surface area contributed by atoms with E-state index in [1.165, 1.54) is 6.20 Å². The predicted octanol–water partition coefficient (Wildman–Crippen LogP) is 2.37. The first-order valence-corrected chi connectivity index (χ1v) is 11.1. The lowest BCUT2D eigenvalue weighted by Gasteiger charge is -2.32. The van der Waals surface area contributed by atoms with Gasteiger partial charge in [0.1, 0.15) is 6.10 Å². The molecule has 1 aliphatic rings. The third kappa shape index (κ3) is 5.69. The number of piperidine rings is 1. The van der Waals surface area contributed by atoms with Crippen molar-refractivity contribution in [1.29, 1.82) is 0 Å². The number of nitrogens with one attached hydrogen (secondary N) is 1. The second kappa shape index (κ2) is 8.60. The summed E-state index contributed by atoms with van der Waals surface area (Å²) in [5, 5.41) is 0. The largest absolute Gasteiger partial charge is 0.474 e. The van der Waals surface area contributed by atoms with Gasteiger partial charge in [-0.3, -0.25) is 9.52 Å². The minimum atomic E-state index is -3.33. The van der Waals surface area contributed by atoms with Crippen molar-refractivity contribution in [3.63, 3.8) is 0 Å². The lowest BCUT2D eigenvalue weighted by molar-refractivity contribution is -0.132. The maximum Gasteiger partial charge on any atom is 0.229 e. The highest BCUT2D eigenvalue weighted by Crippen LogP contribution is 2.20. The molecule has 0 atom stereocenters. The van der Waals surface area contributed by atoms with Gasteiger partial charge in [-0.1, -0.05) is 24.3 Å². The summed E-state index contributed by atoms with van der Waals surface area (Å²) in [7, 11) is -3.33. The van der Waals surface area contributed by atoms with Crippen LogP contribution in [0, 0.1) is 6.92 Å². The van der Waals surface area contributed by atoms with Crippen LogP contribution in [-0.2, 0) is 21.2 Å². The van der Waals surface area contributed by atoms with Crippen LogP contribution in [0.25, 0.3) is 0 Å². The average Bonchev–Trinajstić information content (AvgIpc) is 2.64. The highest BCUT2D eigenvalue weighted by Gasteiger charge is 2.24. The zero-order valence-electron chi connectivity index (χ0n) is 16.1. The molecule has 2 heterocycles. The van der Waals surface area contributed by atoms with Crippen LogP contribution in [0.5, 0.6) is 5.88 Å². The minimum Gasteiger partial charge on any atom is -0.474 e. The van der Waals surface area contributed by atoms with Gasteiger partial charge in [-0.2, -0.15) is 0 Å². The van der Waals surface area contributed by atoms with E-state index < -0.39 is 10.0 Å². The fourth-order valence-corrected chi connectivity index (χ4v) is 3.75. The van der Waals surface area contributed by atoms with Crippen molar-refractivity contribution in [2.45, 2.75) is 32.3 Å². The summed E-state index contributed by atoms with van der Waals surface area (Å²) in [6.07, 6.45) is 4.41. The molecule has 2 aromatic rings. The van der Waals surface area contributed by atoms with Gasteiger partial charge in [-0.15, -0.1) is 0 Å². The lowest BCUT2D eigenvalue weighted by atomic mass is 10.0. The number of pyridine rings is 1. The van der Waals surface area contributed by atoms with Gasteiger partial charge < -0.3 is 9.64 Å². The third-order valence-electron chi connectivity index (χ3n) is 4.72. The number of rotatable bonds is 6. The number of likely N-dealkylation sites (tertiary alicyclic amines) is 1. The van der Waals surface area contributed by atoms with Gasteiger partial charge in [-0.05, 0) is 24.1 Å². The molecule has 0 bridgehead atoms. The van der Waals surface area contributed by atoms with Gasteiger partial charge in [0.15, 0.2) is 0 Å². The molecule has 1 aromatic heterocycles. The standard InChI is InChI=1S/C20H25N3O4S/c1-15-5-3-4-6-16(15)13-20(24)23-11-9-18(10-12-23)27-19-8-7-17(14-21-19)22-28(2,25)26/h3-8,14,18,22H,9-13H2,1-2H3. The van der Waals surface area contributed by atoms with Crippen LogP contribution in [-0.4, -0.2) is 49.7 Å². The zero-order chi connectivity index (χ0) is 20.1. The van der Waals surface area contributed by atoms with Crippen LogP contribution in [0.2, 0.25) is 0 Å². The molecule has 1 N–H and O–H groups in total. The Hall–Kier alpha value is -2.61. The van der Waals surface area contributed by atoms with Crippen molar-refractivity contribution in [3.05, 3.63) is 53.7 Å². The molecule has 8 heteroatoms. The zero-order valence-corrected chi connectivity index (χ0v) is 16.9. The number of sulfonamides is 1. The first-order valence-electron chi connectivity index (χ1n) is 9.23. The number of anilines is 1. The molecule has 7 nitrogen and oxygen atoms in total. The number of ether oxygens (including phenoxy) is 1. The number of amides is 1. The Labute approximate surface area is 165 Å². The Bertz CT molecular complexity index is 921. The Kier molecular flexibility index (Phi) is 6.18. The van der Waals surface area contributed by atoms with Crippen molar-refractivity contribution in [2.75, 3.05) is 24.1 Å². The smallest absolute Gasteiger partial charge is 0.229 e. The Morgan fingerprint density at radius 2 is 1.93 bits per heavy atom. The van der Waals surface area contributed by atoms with E-state index in [1.807, 2.05) is 36.1 Å². The highest BCUT2D eigenvalue weighted by molar-refractivity contribution is 7.92. The molecule has 0 radical (unpaired) electrons.